The van der Waals surface area contributed by atoms with Crippen molar-refractivity contribution in [3.05, 3.63) is 29.8 Å². The van der Waals surface area contributed by atoms with Crippen molar-refractivity contribution in [2.75, 3.05) is 26.7 Å². The molecule has 1 aliphatic heterocycles. The van der Waals surface area contributed by atoms with Crippen LogP contribution in [0.25, 0.3) is 0 Å². The number of benzene rings is 1. The van der Waals surface area contributed by atoms with E-state index in [0.717, 1.165) is 31.7 Å². The van der Waals surface area contributed by atoms with E-state index in [4.69, 9.17) is 4.74 Å². The minimum absolute atomic E-state index is 0.179. The Morgan fingerprint density at radius 2 is 2.26 bits per heavy atom. The van der Waals surface area contributed by atoms with Crippen LogP contribution in [-0.4, -0.2) is 36.8 Å². The molecule has 3 heteroatoms. The molecule has 1 saturated heterocycles. The standard InChI is InChI=1S/C16H23NO2/c1-17-9-10-19-16(8-3-2-5-14(16)12-17)13-6-4-7-15(18)11-13/h4,6-7,11,14,18H,2-3,5,8-10,12H2,1H3/t14-,16+/m0/s1. The molecule has 1 saturated carbocycles. The molecule has 1 heterocycles. The molecule has 2 fully saturated rings. The highest BCUT2D eigenvalue weighted by Gasteiger charge is 2.45. The van der Waals surface area contributed by atoms with Crippen LogP contribution < -0.4 is 0 Å². The highest BCUT2D eigenvalue weighted by atomic mass is 16.5. The van der Waals surface area contributed by atoms with Gasteiger partial charge in [-0.25, -0.2) is 0 Å². The summed E-state index contributed by atoms with van der Waals surface area (Å²) < 4.78 is 6.35. The minimum atomic E-state index is -0.179. The lowest BCUT2D eigenvalue weighted by Gasteiger charge is -2.43. The number of fused-ring (bicyclic) bond motifs is 1. The van der Waals surface area contributed by atoms with Crippen molar-refractivity contribution < 1.29 is 9.84 Å². The van der Waals surface area contributed by atoms with Crippen LogP contribution in [0.3, 0.4) is 0 Å². The van der Waals surface area contributed by atoms with E-state index in [9.17, 15) is 5.11 Å². The Morgan fingerprint density at radius 3 is 3.11 bits per heavy atom. The monoisotopic (exact) mass is 261 g/mol. The molecule has 1 N–H and O–H groups in total. The first kappa shape index (κ1) is 12.9. The van der Waals surface area contributed by atoms with Crippen molar-refractivity contribution in [1.82, 2.24) is 4.90 Å². The summed E-state index contributed by atoms with van der Waals surface area (Å²) in [6, 6.07) is 7.68. The van der Waals surface area contributed by atoms with Gasteiger partial charge in [0.25, 0.3) is 0 Å². The zero-order chi connectivity index (χ0) is 13.3. The number of hydrogen-bond acceptors (Lipinski definition) is 3. The van der Waals surface area contributed by atoms with Gasteiger partial charge >= 0.3 is 0 Å². The molecule has 0 unspecified atom stereocenters. The van der Waals surface area contributed by atoms with Crippen LogP contribution in [-0.2, 0) is 10.3 Å². The maximum Gasteiger partial charge on any atom is 0.115 e. The largest absolute Gasteiger partial charge is 0.508 e. The van der Waals surface area contributed by atoms with Crippen LogP contribution >= 0.6 is 0 Å². The lowest BCUT2D eigenvalue weighted by atomic mass is 9.71. The van der Waals surface area contributed by atoms with Gasteiger partial charge in [-0.05, 0) is 37.6 Å². The molecule has 1 aromatic carbocycles. The van der Waals surface area contributed by atoms with E-state index in [1.165, 1.54) is 19.3 Å². The third-order valence-electron chi connectivity index (χ3n) is 4.71. The molecule has 2 aliphatic rings. The fourth-order valence-electron chi connectivity index (χ4n) is 3.73. The van der Waals surface area contributed by atoms with Crippen molar-refractivity contribution in [2.24, 2.45) is 5.92 Å². The Balaban J connectivity index is 2.00. The molecule has 2 atom stereocenters. The molecule has 19 heavy (non-hydrogen) atoms. The first-order chi connectivity index (χ1) is 9.21. The van der Waals surface area contributed by atoms with E-state index in [2.05, 4.69) is 18.0 Å². The minimum Gasteiger partial charge on any atom is -0.508 e. The average molecular weight is 261 g/mol. The molecule has 0 aromatic heterocycles. The van der Waals surface area contributed by atoms with E-state index in [1.54, 1.807) is 6.07 Å². The molecular formula is C16H23NO2. The summed E-state index contributed by atoms with van der Waals surface area (Å²) in [5.41, 5.74) is 0.981. The van der Waals surface area contributed by atoms with Crippen LogP contribution in [0.5, 0.6) is 5.75 Å². The first-order valence-corrected chi connectivity index (χ1v) is 7.33. The second kappa shape index (κ2) is 5.14. The number of rotatable bonds is 1. The molecule has 0 amide bonds. The van der Waals surface area contributed by atoms with E-state index >= 15 is 0 Å². The second-order valence-electron chi connectivity index (χ2n) is 5.99. The van der Waals surface area contributed by atoms with Crippen LogP contribution in [0.4, 0.5) is 0 Å². The highest BCUT2D eigenvalue weighted by molar-refractivity contribution is 5.33. The number of ether oxygens (including phenoxy) is 1. The maximum absolute atomic E-state index is 9.79. The summed E-state index contributed by atoms with van der Waals surface area (Å²) in [4.78, 5) is 2.38. The molecule has 3 rings (SSSR count). The zero-order valence-corrected chi connectivity index (χ0v) is 11.6. The zero-order valence-electron chi connectivity index (χ0n) is 11.6. The van der Waals surface area contributed by atoms with Gasteiger partial charge < -0.3 is 14.7 Å². The summed E-state index contributed by atoms with van der Waals surface area (Å²) in [7, 11) is 2.18. The quantitative estimate of drug-likeness (QED) is 0.843. The summed E-state index contributed by atoms with van der Waals surface area (Å²) in [5.74, 6) is 0.882. The van der Waals surface area contributed by atoms with Gasteiger partial charge in [-0.3, -0.25) is 0 Å². The lowest BCUT2D eigenvalue weighted by molar-refractivity contribution is -0.101. The molecule has 3 nitrogen and oxygen atoms in total. The van der Waals surface area contributed by atoms with E-state index < -0.39 is 0 Å². The maximum atomic E-state index is 9.79. The number of phenols is 1. The average Bonchev–Trinajstić information content (AvgIpc) is 2.57. The number of likely N-dealkylation sites (N-methyl/N-ethyl adjacent to an activating group) is 1. The smallest absolute Gasteiger partial charge is 0.115 e. The molecule has 0 radical (unpaired) electrons. The van der Waals surface area contributed by atoms with Crippen molar-refractivity contribution in [3.63, 3.8) is 0 Å². The molecule has 0 bridgehead atoms. The molecule has 1 aromatic rings. The van der Waals surface area contributed by atoms with Gasteiger partial charge in [0.1, 0.15) is 5.75 Å². The van der Waals surface area contributed by atoms with Gasteiger partial charge in [0.05, 0.1) is 12.2 Å². The topological polar surface area (TPSA) is 32.7 Å². The Labute approximate surface area is 115 Å². The predicted octanol–water partition coefficient (Wildman–Crippen LogP) is 2.74. The summed E-state index contributed by atoms with van der Waals surface area (Å²) in [5, 5.41) is 9.79. The lowest BCUT2D eigenvalue weighted by Crippen LogP contribution is -2.42. The number of hydrogen-bond donors (Lipinski definition) is 1. The third-order valence-corrected chi connectivity index (χ3v) is 4.71. The van der Waals surface area contributed by atoms with E-state index in [-0.39, 0.29) is 5.60 Å². The van der Waals surface area contributed by atoms with Gasteiger partial charge in [-0.15, -0.1) is 0 Å². The summed E-state index contributed by atoms with van der Waals surface area (Å²) in [6.45, 7) is 2.87. The van der Waals surface area contributed by atoms with Crippen LogP contribution in [0.15, 0.2) is 24.3 Å². The summed E-state index contributed by atoms with van der Waals surface area (Å²) in [6.07, 6.45) is 4.81. The van der Waals surface area contributed by atoms with E-state index in [0.29, 0.717) is 11.7 Å². The van der Waals surface area contributed by atoms with Crippen molar-refractivity contribution >= 4 is 0 Å². The molecular weight excluding hydrogens is 238 g/mol. The molecule has 104 valence electrons. The van der Waals surface area contributed by atoms with E-state index in [1.807, 2.05) is 12.1 Å². The van der Waals surface area contributed by atoms with Crippen LogP contribution in [0, 0.1) is 5.92 Å². The van der Waals surface area contributed by atoms with Crippen molar-refractivity contribution in [3.8, 4) is 5.75 Å². The van der Waals surface area contributed by atoms with Gasteiger partial charge in [0, 0.05) is 19.0 Å². The van der Waals surface area contributed by atoms with Gasteiger partial charge in [0.15, 0.2) is 0 Å². The first-order valence-electron chi connectivity index (χ1n) is 7.33. The van der Waals surface area contributed by atoms with Gasteiger partial charge in [0.2, 0.25) is 0 Å². The van der Waals surface area contributed by atoms with Crippen LogP contribution in [0.2, 0.25) is 0 Å². The Morgan fingerprint density at radius 1 is 1.37 bits per heavy atom. The fraction of sp³-hybridized carbons (Fsp3) is 0.625. The number of aromatic hydroxyl groups is 1. The summed E-state index contributed by atoms with van der Waals surface area (Å²) >= 11 is 0. The highest BCUT2D eigenvalue weighted by Crippen LogP contribution is 2.46. The Kier molecular flexibility index (Phi) is 3.50. The second-order valence-corrected chi connectivity index (χ2v) is 5.99. The number of nitrogens with zero attached hydrogens (tertiary/aromatic N) is 1. The van der Waals surface area contributed by atoms with Gasteiger partial charge in [-0.1, -0.05) is 25.0 Å². The SMILES string of the molecule is CN1CCO[C@@]2(c3cccc(O)c3)CCCC[C@H]2C1. The number of phenolic OH excluding ortho intramolecular Hbond substituents is 1. The third kappa shape index (κ3) is 2.37. The van der Waals surface area contributed by atoms with Gasteiger partial charge in [-0.2, -0.15) is 0 Å². The van der Waals surface area contributed by atoms with Crippen LogP contribution in [0.1, 0.15) is 31.2 Å². The van der Waals surface area contributed by atoms with Crippen molar-refractivity contribution in [2.45, 2.75) is 31.3 Å². The normalized spacial score (nSPS) is 32.6. The molecule has 0 spiro atoms. The predicted molar refractivity (Wildman–Crippen MR) is 75.2 cm³/mol. The molecule has 1 aliphatic carbocycles. The Hall–Kier alpha value is -1.06. The fourth-order valence-corrected chi connectivity index (χ4v) is 3.73. The Bertz CT molecular complexity index is 448. The van der Waals surface area contributed by atoms with Crippen molar-refractivity contribution in [1.29, 1.82) is 0 Å².